The van der Waals surface area contributed by atoms with E-state index in [-0.39, 0.29) is 12.5 Å². The number of aliphatic hydroxyl groups excluding tert-OH is 1. The smallest absolute Gasteiger partial charge is 0.222 e. The molecule has 1 aromatic heterocycles. The van der Waals surface area contributed by atoms with E-state index in [1.165, 1.54) is 0 Å². The zero-order chi connectivity index (χ0) is 13.2. The normalized spacial score (nSPS) is 9.78. The Labute approximate surface area is 107 Å². The van der Waals surface area contributed by atoms with E-state index in [1.54, 1.807) is 17.3 Å². The van der Waals surface area contributed by atoms with Crippen LogP contribution in [0.2, 0.25) is 0 Å². The van der Waals surface area contributed by atoms with Crippen molar-refractivity contribution in [2.24, 2.45) is 0 Å². The number of aliphatic hydroxyl groups is 1. The van der Waals surface area contributed by atoms with Crippen LogP contribution in [-0.2, 0) is 11.3 Å². The molecule has 0 saturated heterocycles. The Morgan fingerprint density at radius 3 is 3.00 bits per heavy atom. The number of carbonyl (C=O) groups is 1. The molecule has 0 aliphatic rings. The minimum Gasteiger partial charge on any atom is -0.396 e. The molecule has 0 bridgehead atoms. The Hall–Kier alpha value is -1.93. The first-order valence-electron chi connectivity index (χ1n) is 5.92. The lowest BCUT2D eigenvalue weighted by molar-refractivity contribution is -0.132. The number of pyridine rings is 1. The van der Waals surface area contributed by atoms with Gasteiger partial charge in [-0.2, -0.15) is 5.26 Å². The second-order valence-electron chi connectivity index (χ2n) is 3.91. The number of nitriles is 1. The average molecular weight is 247 g/mol. The molecule has 0 fully saturated rings. The number of hydrogen-bond acceptors (Lipinski definition) is 4. The highest BCUT2D eigenvalue weighted by molar-refractivity contribution is 5.76. The highest BCUT2D eigenvalue weighted by Gasteiger charge is 2.13. The molecule has 0 aliphatic heterocycles. The van der Waals surface area contributed by atoms with E-state index in [1.807, 2.05) is 18.2 Å². The Morgan fingerprint density at radius 2 is 2.39 bits per heavy atom. The van der Waals surface area contributed by atoms with Crippen molar-refractivity contribution >= 4 is 5.91 Å². The molecule has 1 aromatic rings. The summed E-state index contributed by atoms with van der Waals surface area (Å²) < 4.78 is 0. The van der Waals surface area contributed by atoms with E-state index in [2.05, 4.69) is 4.98 Å². The second-order valence-corrected chi connectivity index (χ2v) is 3.91. The van der Waals surface area contributed by atoms with Gasteiger partial charge in [0.05, 0.1) is 12.5 Å². The highest BCUT2D eigenvalue weighted by atomic mass is 16.3. The molecule has 5 heteroatoms. The number of nitrogens with zero attached hydrogens (tertiary/aromatic N) is 3. The molecule has 0 aliphatic carbocycles. The van der Waals surface area contributed by atoms with Crippen LogP contribution in [0, 0.1) is 11.3 Å². The van der Waals surface area contributed by atoms with Gasteiger partial charge in [0.25, 0.3) is 0 Å². The molecule has 18 heavy (non-hydrogen) atoms. The summed E-state index contributed by atoms with van der Waals surface area (Å²) >= 11 is 0. The molecular weight excluding hydrogens is 230 g/mol. The van der Waals surface area contributed by atoms with Crippen LogP contribution in [0.1, 0.15) is 24.8 Å². The zero-order valence-corrected chi connectivity index (χ0v) is 10.2. The van der Waals surface area contributed by atoms with Crippen LogP contribution >= 0.6 is 0 Å². The predicted octanol–water partition coefficient (Wildman–Crippen LogP) is 1.10. The van der Waals surface area contributed by atoms with Crippen LogP contribution in [0.15, 0.2) is 24.5 Å². The third-order valence-corrected chi connectivity index (χ3v) is 2.49. The van der Waals surface area contributed by atoms with Gasteiger partial charge in [-0.15, -0.1) is 0 Å². The Balaban J connectivity index is 2.60. The van der Waals surface area contributed by atoms with E-state index < -0.39 is 0 Å². The SMILES string of the molecule is N#CCCN(Cc1cccnc1)C(=O)CCCO. The summed E-state index contributed by atoms with van der Waals surface area (Å²) in [7, 11) is 0. The fraction of sp³-hybridized carbons (Fsp3) is 0.462. The van der Waals surface area contributed by atoms with Crippen molar-refractivity contribution in [3.63, 3.8) is 0 Å². The van der Waals surface area contributed by atoms with Crippen molar-refractivity contribution in [2.45, 2.75) is 25.8 Å². The standard InChI is InChI=1S/C13H17N3O2/c14-6-3-8-16(13(18)5-2-9-17)11-12-4-1-7-15-10-12/h1,4,7,10,17H,2-3,5,8-9,11H2. The third-order valence-electron chi connectivity index (χ3n) is 2.49. The van der Waals surface area contributed by atoms with Crippen LogP contribution in [0.3, 0.4) is 0 Å². The van der Waals surface area contributed by atoms with Gasteiger partial charge in [0, 0.05) is 38.5 Å². The number of hydrogen-bond donors (Lipinski definition) is 1. The van der Waals surface area contributed by atoms with Crippen molar-refractivity contribution in [2.75, 3.05) is 13.2 Å². The number of rotatable bonds is 7. The topological polar surface area (TPSA) is 77.2 Å². The van der Waals surface area contributed by atoms with Gasteiger partial charge in [-0.3, -0.25) is 9.78 Å². The maximum atomic E-state index is 11.9. The van der Waals surface area contributed by atoms with Crippen LogP contribution in [0.25, 0.3) is 0 Å². The minimum atomic E-state index is -0.0387. The maximum Gasteiger partial charge on any atom is 0.222 e. The van der Waals surface area contributed by atoms with Crippen LogP contribution in [0.4, 0.5) is 0 Å². The van der Waals surface area contributed by atoms with Gasteiger partial charge < -0.3 is 10.0 Å². The van der Waals surface area contributed by atoms with E-state index in [0.29, 0.717) is 32.4 Å². The molecule has 1 heterocycles. The largest absolute Gasteiger partial charge is 0.396 e. The molecule has 0 radical (unpaired) electrons. The molecule has 1 rings (SSSR count). The van der Waals surface area contributed by atoms with Crippen LogP contribution in [-0.4, -0.2) is 34.0 Å². The first-order chi connectivity index (χ1) is 8.77. The summed E-state index contributed by atoms with van der Waals surface area (Å²) in [5.74, 6) is -0.0387. The van der Waals surface area contributed by atoms with Gasteiger partial charge in [-0.1, -0.05) is 6.07 Å². The molecule has 5 nitrogen and oxygen atoms in total. The van der Waals surface area contributed by atoms with Gasteiger partial charge >= 0.3 is 0 Å². The zero-order valence-electron chi connectivity index (χ0n) is 10.2. The molecule has 0 saturated carbocycles. The van der Waals surface area contributed by atoms with E-state index in [0.717, 1.165) is 5.56 Å². The summed E-state index contributed by atoms with van der Waals surface area (Å²) in [6.45, 7) is 0.875. The van der Waals surface area contributed by atoms with Crippen molar-refractivity contribution < 1.29 is 9.90 Å². The van der Waals surface area contributed by atoms with E-state index in [4.69, 9.17) is 10.4 Å². The first-order valence-corrected chi connectivity index (χ1v) is 5.92. The molecule has 1 amide bonds. The number of carbonyl (C=O) groups excluding carboxylic acids is 1. The van der Waals surface area contributed by atoms with Gasteiger partial charge in [-0.05, 0) is 18.1 Å². The van der Waals surface area contributed by atoms with Crippen LogP contribution < -0.4 is 0 Å². The second kappa shape index (κ2) is 8.20. The minimum absolute atomic E-state index is 0.00469. The lowest BCUT2D eigenvalue weighted by Crippen LogP contribution is -2.31. The van der Waals surface area contributed by atoms with E-state index in [9.17, 15) is 4.79 Å². The highest BCUT2D eigenvalue weighted by Crippen LogP contribution is 2.06. The summed E-state index contributed by atoms with van der Waals surface area (Å²) in [6.07, 6.45) is 4.46. The summed E-state index contributed by atoms with van der Waals surface area (Å²) in [5.41, 5.74) is 0.938. The van der Waals surface area contributed by atoms with Crippen molar-refractivity contribution in [3.8, 4) is 6.07 Å². The van der Waals surface area contributed by atoms with Crippen LogP contribution in [0.5, 0.6) is 0 Å². The fourth-order valence-corrected chi connectivity index (χ4v) is 1.58. The van der Waals surface area contributed by atoms with Crippen molar-refractivity contribution in [3.05, 3.63) is 30.1 Å². The lowest BCUT2D eigenvalue weighted by atomic mass is 10.2. The molecule has 96 valence electrons. The summed E-state index contributed by atoms with van der Waals surface area (Å²) in [5, 5.41) is 17.3. The number of amides is 1. The monoisotopic (exact) mass is 247 g/mol. The predicted molar refractivity (Wildman–Crippen MR) is 66.2 cm³/mol. The average Bonchev–Trinajstić information content (AvgIpc) is 2.42. The quantitative estimate of drug-likeness (QED) is 0.782. The molecular formula is C13H17N3O2. The fourth-order valence-electron chi connectivity index (χ4n) is 1.58. The van der Waals surface area contributed by atoms with Gasteiger partial charge in [0.15, 0.2) is 0 Å². The van der Waals surface area contributed by atoms with E-state index >= 15 is 0 Å². The third kappa shape index (κ3) is 4.93. The Bertz CT molecular complexity index is 400. The molecule has 0 spiro atoms. The van der Waals surface area contributed by atoms with Gasteiger partial charge in [0.2, 0.25) is 5.91 Å². The van der Waals surface area contributed by atoms with Gasteiger partial charge in [0.1, 0.15) is 0 Å². The Morgan fingerprint density at radius 1 is 1.56 bits per heavy atom. The van der Waals surface area contributed by atoms with Crippen molar-refractivity contribution in [1.29, 1.82) is 5.26 Å². The first kappa shape index (κ1) is 14.1. The number of aromatic nitrogens is 1. The van der Waals surface area contributed by atoms with Crippen molar-refractivity contribution in [1.82, 2.24) is 9.88 Å². The molecule has 0 unspecified atom stereocenters. The molecule has 1 N–H and O–H groups in total. The maximum absolute atomic E-state index is 11.9. The summed E-state index contributed by atoms with van der Waals surface area (Å²) in [6, 6.07) is 5.75. The molecule has 0 aromatic carbocycles. The Kier molecular flexibility index (Phi) is 6.44. The summed E-state index contributed by atoms with van der Waals surface area (Å²) in [4.78, 5) is 17.5. The van der Waals surface area contributed by atoms with Gasteiger partial charge in [-0.25, -0.2) is 0 Å². The molecule has 0 atom stereocenters. The lowest BCUT2D eigenvalue weighted by Gasteiger charge is -2.21.